The van der Waals surface area contributed by atoms with Crippen LogP contribution >= 0.6 is 0 Å². The van der Waals surface area contributed by atoms with Gasteiger partial charge in [0, 0.05) is 12.0 Å². The maximum Gasteiger partial charge on any atom is 0.220 e. The Morgan fingerprint density at radius 1 is 1.47 bits per heavy atom. The minimum atomic E-state index is 0.0988. The summed E-state index contributed by atoms with van der Waals surface area (Å²) < 4.78 is 5.82. The third-order valence-corrected chi connectivity index (χ3v) is 3.59. The van der Waals surface area contributed by atoms with Gasteiger partial charge in [-0.3, -0.25) is 4.79 Å². The second kappa shape index (κ2) is 6.60. The minimum absolute atomic E-state index is 0.0988. The summed E-state index contributed by atoms with van der Waals surface area (Å²) in [5.41, 5.74) is 2.27. The lowest BCUT2D eigenvalue weighted by atomic mass is 9.99. The van der Waals surface area contributed by atoms with Crippen molar-refractivity contribution in [2.24, 2.45) is 0 Å². The van der Waals surface area contributed by atoms with Crippen LogP contribution in [0.15, 0.2) is 18.2 Å². The number of rotatable bonds is 4. The lowest BCUT2D eigenvalue weighted by molar-refractivity contribution is -0.122. The lowest BCUT2D eigenvalue weighted by Crippen LogP contribution is -2.28. The number of nitrogens with one attached hydrogen (secondary N) is 1. The molecule has 0 spiro atoms. The van der Waals surface area contributed by atoms with Gasteiger partial charge in [-0.2, -0.15) is 0 Å². The molecule has 1 aliphatic heterocycles. The van der Waals surface area contributed by atoms with Gasteiger partial charge in [-0.1, -0.05) is 31.5 Å². The van der Waals surface area contributed by atoms with Crippen LogP contribution in [-0.2, 0) is 4.79 Å². The largest absolute Gasteiger partial charge is 0.493 e. The number of carbonyl (C=O) groups excluding carboxylic acids is 1. The Kier molecular flexibility index (Phi) is 4.83. The van der Waals surface area contributed by atoms with Gasteiger partial charge in [0.2, 0.25) is 5.91 Å². The number of aryl methyl sites for hydroxylation is 1. The number of benzene rings is 1. The molecule has 1 amide bonds. The summed E-state index contributed by atoms with van der Waals surface area (Å²) in [5.74, 6) is 1.11. The zero-order chi connectivity index (χ0) is 13.7. The predicted molar refractivity (Wildman–Crippen MR) is 76.3 cm³/mol. The molecule has 1 N–H and O–H groups in total. The van der Waals surface area contributed by atoms with Crippen molar-refractivity contribution < 1.29 is 9.53 Å². The Morgan fingerprint density at radius 3 is 3.11 bits per heavy atom. The average molecular weight is 261 g/mol. The van der Waals surface area contributed by atoms with E-state index < -0.39 is 0 Å². The van der Waals surface area contributed by atoms with Crippen LogP contribution in [-0.4, -0.2) is 12.5 Å². The highest BCUT2D eigenvalue weighted by Gasteiger charge is 2.22. The van der Waals surface area contributed by atoms with Gasteiger partial charge >= 0.3 is 0 Å². The molecule has 1 unspecified atom stereocenters. The van der Waals surface area contributed by atoms with E-state index in [-0.39, 0.29) is 11.9 Å². The predicted octanol–water partition coefficient (Wildman–Crippen LogP) is 3.52. The molecule has 0 bridgehead atoms. The number of unbranched alkanes of at least 4 members (excludes halogenated alkanes) is 1. The molecular weight excluding hydrogens is 238 g/mol. The molecule has 3 nitrogen and oxygen atoms in total. The Bertz CT molecular complexity index is 442. The smallest absolute Gasteiger partial charge is 0.220 e. The van der Waals surface area contributed by atoms with E-state index in [2.05, 4.69) is 31.3 Å². The molecule has 0 aliphatic carbocycles. The maximum atomic E-state index is 11.9. The van der Waals surface area contributed by atoms with Crippen LogP contribution in [0.2, 0.25) is 0 Å². The summed E-state index contributed by atoms with van der Waals surface area (Å²) in [7, 11) is 0. The van der Waals surface area contributed by atoms with Crippen LogP contribution in [0, 0.1) is 6.92 Å². The summed E-state index contributed by atoms with van der Waals surface area (Å²) in [5, 5.41) is 3.16. The van der Waals surface area contributed by atoms with E-state index >= 15 is 0 Å². The van der Waals surface area contributed by atoms with Crippen LogP contribution in [0.1, 0.15) is 56.2 Å². The summed E-state index contributed by atoms with van der Waals surface area (Å²) >= 11 is 0. The molecular formula is C16H23NO2. The van der Waals surface area contributed by atoms with Crippen molar-refractivity contribution in [3.63, 3.8) is 0 Å². The number of hydrogen-bond acceptors (Lipinski definition) is 2. The van der Waals surface area contributed by atoms with Gasteiger partial charge in [0.05, 0.1) is 12.6 Å². The molecule has 1 aromatic carbocycles. The maximum absolute atomic E-state index is 11.9. The van der Waals surface area contributed by atoms with Gasteiger partial charge in [0.15, 0.2) is 0 Å². The Labute approximate surface area is 115 Å². The zero-order valence-electron chi connectivity index (χ0n) is 11.9. The molecule has 1 aromatic rings. The highest BCUT2D eigenvalue weighted by Crippen LogP contribution is 2.33. The van der Waals surface area contributed by atoms with Gasteiger partial charge in [-0.05, 0) is 31.7 Å². The van der Waals surface area contributed by atoms with E-state index in [0.717, 1.165) is 49.2 Å². The molecule has 1 aliphatic rings. The number of hydrogen-bond donors (Lipinski definition) is 1. The van der Waals surface area contributed by atoms with Crippen LogP contribution in [0.4, 0.5) is 0 Å². The van der Waals surface area contributed by atoms with Crippen molar-refractivity contribution in [2.45, 2.75) is 52.0 Å². The molecule has 19 heavy (non-hydrogen) atoms. The molecule has 0 saturated carbocycles. The number of amides is 1. The average Bonchev–Trinajstić information content (AvgIpc) is 2.60. The highest BCUT2D eigenvalue weighted by atomic mass is 16.5. The normalized spacial score (nSPS) is 18.1. The molecule has 0 aromatic heterocycles. The molecule has 1 heterocycles. The molecule has 1 atom stereocenters. The summed E-state index contributed by atoms with van der Waals surface area (Å²) in [6, 6.07) is 6.26. The van der Waals surface area contributed by atoms with Gasteiger partial charge in [0.25, 0.3) is 0 Å². The fourth-order valence-corrected chi connectivity index (χ4v) is 2.52. The second-order valence-corrected chi connectivity index (χ2v) is 5.21. The van der Waals surface area contributed by atoms with E-state index in [9.17, 15) is 4.79 Å². The quantitative estimate of drug-likeness (QED) is 0.900. The SMILES string of the molecule is CCCCC(=O)NC1CCCOc2c(C)cccc21. The fraction of sp³-hybridized carbons (Fsp3) is 0.562. The second-order valence-electron chi connectivity index (χ2n) is 5.21. The third-order valence-electron chi connectivity index (χ3n) is 3.59. The Morgan fingerprint density at radius 2 is 2.32 bits per heavy atom. The van der Waals surface area contributed by atoms with Crippen LogP contribution in [0.25, 0.3) is 0 Å². The standard InChI is InChI=1S/C16H23NO2/c1-3-4-10-15(18)17-14-9-6-11-19-16-12(2)7-5-8-13(14)16/h5,7-8,14H,3-4,6,9-11H2,1-2H3,(H,17,18). The van der Waals surface area contributed by atoms with Crippen molar-refractivity contribution in [2.75, 3.05) is 6.61 Å². The molecule has 0 saturated heterocycles. The van der Waals surface area contributed by atoms with Crippen LogP contribution < -0.4 is 10.1 Å². The number of fused-ring (bicyclic) bond motifs is 1. The molecule has 3 heteroatoms. The van der Waals surface area contributed by atoms with Crippen molar-refractivity contribution in [3.8, 4) is 5.75 Å². The Hall–Kier alpha value is -1.51. The fourth-order valence-electron chi connectivity index (χ4n) is 2.52. The summed E-state index contributed by atoms with van der Waals surface area (Å²) in [6.45, 7) is 4.89. The van der Waals surface area contributed by atoms with E-state index in [1.807, 2.05) is 6.07 Å². The van der Waals surface area contributed by atoms with Crippen LogP contribution in [0.3, 0.4) is 0 Å². The highest BCUT2D eigenvalue weighted by molar-refractivity contribution is 5.76. The van der Waals surface area contributed by atoms with Gasteiger partial charge in [0.1, 0.15) is 5.75 Å². The van der Waals surface area contributed by atoms with Crippen molar-refractivity contribution >= 4 is 5.91 Å². The molecule has 104 valence electrons. The lowest BCUT2D eigenvalue weighted by Gasteiger charge is -2.19. The monoisotopic (exact) mass is 261 g/mol. The Balaban J connectivity index is 2.13. The van der Waals surface area contributed by atoms with E-state index in [1.165, 1.54) is 0 Å². The van der Waals surface area contributed by atoms with Gasteiger partial charge in [-0.25, -0.2) is 0 Å². The van der Waals surface area contributed by atoms with E-state index in [1.54, 1.807) is 0 Å². The molecule has 0 fully saturated rings. The first-order chi connectivity index (χ1) is 9.22. The van der Waals surface area contributed by atoms with Crippen LogP contribution in [0.5, 0.6) is 5.75 Å². The summed E-state index contributed by atoms with van der Waals surface area (Å²) in [6.07, 6.45) is 4.56. The van der Waals surface area contributed by atoms with E-state index in [0.29, 0.717) is 6.42 Å². The topological polar surface area (TPSA) is 38.3 Å². The first-order valence-corrected chi connectivity index (χ1v) is 7.24. The number of ether oxygens (including phenoxy) is 1. The van der Waals surface area contributed by atoms with E-state index in [4.69, 9.17) is 4.74 Å². The minimum Gasteiger partial charge on any atom is -0.493 e. The number of carbonyl (C=O) groups is 1. The first kappa shape index (κ1) is 13.9. The number of para-hydroxylation sites is 1. The van der Waals surface area contributed by atoms with Crippen molar-refractivity contribution in [1.82, 2.24) is 5.32 Å². The summed E-state index contributed by atoms with van der Waals surface area (Å²) in [4.78, 5) is 11.9. The molecule has 2 rings (SSSR count). The van der Waals surface area contributed by atoms with Crippen molar-refractivity contribution in [1.29, 1.82) is 0 Å². The van der Waals surface area contributed by atoms with Gasteiger partial charge < -0.3 is 10.1 Å². The zero-order valence-corrected chi connectivity index (χ0v) is 11.9. The van der Waals surface area contributed by atoms with Crippen molar-refractivity contribution in [3.05, 3.63) is 29.3 Å². The third kappa shape index (κ3) is 3.49. The van der Waals surface area contributed by atoms with Gasteiger partial charge in [-0.15, -0.1) is 0 Å². The molecule has 0 radical (unpaired) electrons. The first-order valence-electron chi connectivity index (χ1n) is 7.24.